The Morgan fingerprint density at radius 1 is 1.28 bits per heavy atom. The van der Waals surface area contributed by atoms with E-state index in [-0.39, 0.29) is 6.04 Å². The van der Waals surface area contributed by atoms with Gasteiger partial charge < -0.3 is 0 Å². The smallest absolute Gasteiger partial charge is 0.0536 e. The van der Waals surface area contributed by atoms with E-state index in [4.69, 9.17) is 5.84 Å². The lowest BCUT2D eigenvalue weighted by Crippen LogP contribution is -2.33. The van der Waals surface area contributed by atoms with Gasteiger partial charge in [-0.05, 0) is 52.8 Å². The second-order valence-corrected chi connectivity index (χ2v) is 5.68. The van der Waals surface area contributed by atoms with Gasteiger partial charge in [-0.25, -0.2) is 0 Å². The van der Waals surface area contributed by atoms with E-state index < -0.39 is 0 Å². The van der Waals surface area contributed by atoms with Gasteiger partial charge in [0.1, 0.15) is 0 Å². The molecule has 3 N–H and O–H groups in total. The third-order valence-electron chi connectivity index (χ3n) is 3.90. The molecule has 3 heteroatoms. The van der Waals surface area contributed by atoms with Crippen molar-refractivity contribution in [1.29, 1.82) is 0 Å². The third-order valence-corrected chi connectivity index (χ3v) is 4.60. The Labute approximate surface area is 112 Å². The minimum absolute atomic E-state index is 0.234. The Bertz CT molecular complexity index is 507. The molecule has 1 aromatic heterocycles. The predicted octanol–water partition coefficient (Wildman–Crippen LogP) is 3.37. The van der Waals surface area contributed by atoms with Crippen molar-refractivity contribution >= 4 is 11.3 Å². The zero-order chi connectivity index (χ0) is 12.4. The minimum atomic E-state index is 0.234. The Kier molecular flexibility index (Phi) is 3.46. The first-order valence-electron chi connectivity index (χ1n) is 6.46. The van der Waals surface area contributed by atoms with Crippen molar-refractivity contribution < 1.29 is 0 Å². The monoisotopic (exact) mass is 258 g/mol. The van der Waals surface area contributed by atoms with E-state index in [0.717, 1.165) is 0 Å². The quantitative estimate of drug-likeness (QED) is 0.654. The number of hydrogen-bond acceptors (Lipinski definition) is 3. The molecule has 0 saturated carbocycles. The van der Waals surface area contributed by atoms with E-state index in [9.17, 15) is 0 Å². The van der Waals surface area contributed by atoms with Crippen LogP contribution in [0.4, 0.5) is 0 Å². The fraction of sp³-hybridized carbons (Fsp3) is 0.333. The van der Waals surface area contributed by atoms with Crippen LogP contribution < -0.4 is 11.3 Å². The number of thiophene rings is 1. The van der Waals surface area contributed by atoms with Crippen molar-refractivity contribution in [3.05, 3.63) is 57.8 Å². The maximum Gasteiger partial charge on any atom is 0.0536 e. The molecule has 0 radical (unpaired) electrons. The van der Waals surface area contributed by atoms with Crippen LogP contribution in [0.15, 0.2) is 41.1 Å². The summed E-state index contributed by atoms with van der Waals surface area (Å²) in [4.78, 5) is 0. The van der Waals surface area contributed by atoms with E-state index >= 15 is 0 Å². The maximum absolute atomic E-state index is 5.81. The molecule has 18 heavy (non-hydrogen) atoms. The SMILES string of the molecule is NNC(c1ccsc1)C1CCCc2ccccc21. The number of nitrogens with two attached hydrogens (primary N) is 1. The van der Waals surface area contributed by atoms with Crippen molar-refractivity contribution in [3.63, 3.8) is 0 Å². The summed E-state index contributed by atoms with van der Waals surface area (Å²) in [5.74, 6) is 6.30. The molecule has 2 aromatic rings. The van der Waals surface area contributed by atoms with Gasteiger partial charge >= 0.3 is 0 Å². The normalized spacial score (nSPS) is 20.4. The fourth-order valence-electron chi connectivity index (χ4n) is 3.03. The molecule has 0 fully saturated rings. The zero-order valence-electron chi connectivity index (χ0n) is 10.3. The summed E-state index contributed by atoms with van der Waals surface area (Å²) in [7, 11) is 0. The molecule has 94 valence electrons. The van der Waals surface area contributed by atoms with Gasteiger partial charge in [0.05, 0.1) is 6.04 Å². The molecular formula is C15H18N2S. The van der Waals surface area contributed by atoms with Gasteiger partial charge in [-0.3, -0.25) is 11.3 Å². The van der Waals surface area contributed by atoms with E-state index in [0.29, 0.717) is 5.92 Å². The van der Waals surface area contributed by atoms with Crippen LogP contribution in [0.3, 0.4) is 0 Å². The highest BCUT2D eigenvalue weighted by molar-refractivity contribution is 7.07. The number of hydrogen-bond donors (Lipinski definition) is 2. The Morgan fingerprint density at radius 3 is 2.94 bits per heavy atom. The molecular weight excluding hydrogens is 240 g/mol. The van der Waals surface area contributed by atoms with Crippen LogP contribution in [0.5, 0.6) is 0 Å². The summed E-state index contributed by atoms with van der Waals surface area (Å²) in [6, 6.07) is 11.2. The third kappa shape index (κ3) is 2.09. The summed E-state index contributed by atoms with van der Waals surface area (Å²) in [6.45, 7) is 0. The van der Waals surface area contributed by atoms with Gasteiger partial charge in [0, 0.05) is 5.92 Å². The highest BCUT2D eigenvalue weighted by atomic mass is 32.1. The summed E-state index contributed by atoms with van der Waals surface area (Å²) in [5.41, 5.74) is 7.29. The van der Waals surface area contributed by atoms with Crippen LogP contribution >= 0.6 is 11.3 Å². The van der Waals surface area contributed by atoms with Crippen LogP contribution in [-0.4, -0.2) is 0 Å². The molecule has 0 amide bonds. The molecule has 1 aromatic carbocycles. The summed E-state index contributed by atoms with van der Waals surface area (Å²) >= 11 is 1.73. The van der Waals surface area contributed by atoms with Crippen molar-refractivity contribution in [1.82, 2.24) is 5.43 Å². The van der Waals surface area contributed by atoms with Crippen LogP contribution in [-0.2, 0) is 6.42 Å². The van der Waals surface area contributed by atoms with Crippen molar-refractivity contribution in [2.24, 2.45) is 5.84 Å². The summed E-state index contributed by atoms with van der Waals surface area (Å²) in [6.07, 6.45) is 3.67. The van der Waals surface area contributed by atoms with Crippen LogP contribution in [0.25, 0.3) is 0 Å². The number of benzene rings is 1. The molecule has 0 aliphatic heterocycles. The Balaban J connectivity index is 1.97. The van der Waals surface area contributed by atoms with E-state index in [2.05, 4.69) is 46.5 Å². The summed E-state index contributed by atoms with van der Waals surface area (Å²) < 4.78 is 0. The van der Waals surface area contributed by atoms with Gasteiger partial charge in [0.25, 0.3) is 0 Å². The predicted molar refractivity (Wildman–Crippen MR) is 76.5 cm³/mol. The topological polar surface area (TPSA) is 38.0 Å². The zero-order valence-corrected chi connectivity index (χ0v) is 11.1. The van der Waals surface area contributed by atoms with Crippen LogP contribution in [0, 0.1) is 0 Å². The van der Waals surface area contributed by atoms with Crippen molar-refractivity contribution in [3.8, 4) is 0 Å². The second-order valence-electron chi connectivity index (χ2n) is 4.90. The first-order chi connectivity index (χ1) is 8.90. The van der Waals surface area contributed by atoms with Gasteiger partial charge in [-0.15, -0.1) is 0 Å². The van der Waals surface area contributed by atoms with E-state index in [1.807, 2.05) is 0 Å². The molecule has 2 atom stereocenters. The molecule has 1 aliphatic rings. The number of rotatable bonds is 3. The molecule has 3 rings (SSSR count). The van der Waals surface area contributed by atoms with Gasteiger partial charge in [-0.2, -0.15) is 11.3 Å². The molecule has 1 heterocycles. The van der Waals surface area contributed by atoms with Gasteiger partial charge in [0.2, 0.25) is 0 Å². The minimum Gasteiger partial charge on any atom is -0.271 e. The molecule has 0 saturated heterocycles. The van der Waals surface area contributed by atoms with Crippen molar-refractivity contribution in [2.75, 3.05) is 0 Å². The average molecular weight is 258 g/mol. The Morgan fingerprint density at radius 2 is 2.17 bits per heavy atom. The van der Waals surface area contributed by atoms with E-state index in [1.54, 1.807) is 11.3 Å². The number of aryl methyl sites for hydroxylation is 1. The second kappa shape index (κ2) is 5.22. The largest absolute Gasteiger partial charge is 0.271 e. The molecule has 0 bridgehead atoms. The summed E-state index contributed by atoms with van der Waals surface area (Å²) in [5, 5.41) is 4.32. The number of nitrogens with one attached hydrogen (secondary N) is 1. The first-order valence-corrected chi connectivity index (χ1v) is 7.40. The molecule has 1 aliphatic carbocycles. The van der Waals surface area contributed by atoms with Crippen LogP contribution in [0.1, 0.15) is 41.5 Å². The number of hydrazine groups is 1. The molecule has 0 spiro atoms. The molecule has 2 nitrogen and oxygen atoms in total. The molecule has 2 unspecified atom stereocenters. The first kappa shape index (κ1) is 11.9. The van der Waals surface area contributed by atoms with E-state index in [1.165, 1.54) is 36.0 Å². The average Bonchev–Trinajstić information content (AvgIpc) is 2.94. The highest BCUT2D eigenvalue weighted by Gasteiger charge is 2.28. The van der Waals surface area contributed by atoms with Crippen LogP contribution in [0.2, 0.25) is 0 Å². The Hall–Kier alpha value is -1.16. The maximum atomic E-state index is 5.81. The van der Waals surface area contributed by atoms with Gasteiger partial charge in [-0.1, -0.05) is 24.3 Å². The van der Waals surface area contributed by atoms with Crippen molar-refractivity contribution in [2.45, 2.75) is 31.2 Å². The lowest BCUT2D eigenvalue weighted by molar-refractivity contribution is 0.409. The lowest BCUT2D eigenvalue weighted by atomic mass is 9.77. The number of fused-ring (bicyclic) bond motifs is 1. The fourth-order valence-corrected chi connectivity index (χ4v) is 3.73. The van der Waals surface area contributed by atoms with Gasteiger partial charge in [0.15, 0.2) is 0 Å². The standard InChI is InChI=1S/C15H18N2S/c16-17-15(12-8-9-18-10-12)14-7-3-5-11-4-1-2-6-13(11)14/h1-2,4,6,8-10,14-15,17H,3,5,7,16H2. The highest BCUT2D eigenvalue weighted by Crippen LogP contribution is 2.40. The lowest BCUT2D eigenvalue weighted by Gasteiger charge is -2.31.